The second-order valence-electron chi connectivity index (χ2n) is 8.74. The topological polar surface area (TPSA) is 89.3 Å². The number of fused-ring (bicyclic) bond motifs is 2. The van der Waals surface area contributed by atoms with Crippen molar-refractivity contribution >= 4 is 20.8 Å². The van der Waals surface area contributed by atoms with Crippen molar-refractivity contribution in [1.29, 1.82) is 0 Å². The van der Waals surface area contributed by atoms with Gasteiger partial charge in [0.1, 0.15) is 11.6 Å². The largest absolute Gasteiger partial charge is 0.496 e. The third-order valence-corrected chi connectivity index (χ3v) is 6.70. The summed E-state index contributed by atoms with van der Waals surface area (Å²) in [4.78, 5) is 2.42. The average Bonchev–Trinajstić information content (AvgIpc) is 3.05. The molecule has 0 radical (unpaired) electrons. The fraction of sp³-hybridized carbons (Fsp3) is 0.478. The molecule has 1 unspecified atom stereocenters. The van der Waals surface area contributed by atoms with Crippen LogP contribution in [0.4, 0.5) is 0 Å². The third-order valence-electron chi connectivity index (χ3n) is 6.02. The van der Waals surface area contributed by atoms with Crippen molar-refractivity contribution in [1.82, 2.24) is 24.4 Å². The molecule has 1 N–H and O–H groups in total. The highest BCUT2D eigenvalue weighted by Gasteiger charge is 2.28. The highest BCUT2D eigenvalue weighted by Crippen LogP contribution is 2.29. The number of rotatable bonds is 7. The van der Waals surface area contributed by atoms with E-state index in [2.05, 4.69) is 48.7 Å². The molecule has 0 amide bonds. The third kappa shape index (κ3) is 4.79. The Morgan fingerprint density at radius 3 is 2.50 bits per heavy atom. The van der Waals surface area contributed by atoms with Crippen molar-refractivity contribution in [2.75, 3.05) is 26.5 Å². The Kier molecular flexibility index (Phi) is 6.50. The van der Waals surface area contributed by atoms with Gasteiger partial charge in [0.25, 0.3) is 0 Å². The predicted octanol–water partition coefficient (Wildman–Crippen LogP) is 2.74. The lowest BCUT2D eigenvalue weighted by Crippen LogP contribution is -2.33. The second-order valence-corrected chi connectivity index (χ2v) is 10.5. The molecular formula is C23H31N5O3S. The van der Waals surface area contributed by atoms with E-state index in [0.717, 1.165) is 49.6 Å². The van der Waals surface area contributed by atoms with Crippen LogP contribution in [0.25, 0.3) is 10.8 Å². The SMILES string of the molecule is COc1ccc(CN2CCc3nnc(C(NS(C)(=O)=O)C(C)C)n3CC2)c2ccccc12. The van der Waals surface area contributed by atoms with E-state index in [0.29, 0.717) is 5.82 Å². The molecule has 2 heterocycles. The Labute approximate surface area is 189 Å². The van der Waals surface area contributed by atoms with Crippen molar-refractivity contribution in [3.05, 3.63) is 53.6 Å². The van der Waals surface area contributed by atoms with Gasteiger partial charge in [0.05, 0.1) is 19.4 Å². The first kappa shape index (κ1) is 22.7. The van der Waals surface area contributed by atoms with Crippen LogP contribution in [0, 0.1) is 5.92 Å². The number of aromatic nitrogens is 3. The Morgan fingerprint density at radius 2 is 1.81 bits per heavy atom. The summed E-state index contributed by atoms with van der Waals surface area (Å²) in [6.07, 6.45) is 1.95. The van der Waals surface area contributed by atoms with Gasteiger partial charge in [0.15, 0.2) is 5.82 Å². The van der Waals surface area contributed by atoms with Gasteiger partial charge in [-0.2, -0.15) is 0 Å². The molecule has 2 aromatic carbocycles. The molecule has 1 aliphatic rings. The maximum absolute atomic E-state index is 11.9. The Bertz CT molecular complexity index is 1210. The molecule has 0 fully saturated rings. The minimum absolute atomic E-state index is 0.0584. The van der Waals surface area contributed by atoms with Crippen molar-refractivity contribution in [2.45, 2.75) is 39.4 Å². The van der Waals surface area contributed by atoms with E-state index in [1.807, 2.05) is 26.0 Å². The number of sulfonamides is 1. The summed E-state index contributed by atoms with van der Waals surface area (Å²) in [5.41, 5.74) is 1.26. The van der Waals surface area contributed by atoms with Gasteiger partial charge in [-0.3, -0.25) is 4.90 Å². The molecule has 0 bridgehead atoms. The maximum Gasteiger partial charge on any atom is 0.209 e. The number of nitrogens with zero attached hydrogens (tertiary/aromatic N) is 4. The normalized spacial score (nSPS) is 16.2. The summed E-state index contributed by atoms with van der Waals surface area (Å²) < 4.78 is 34.2. The fourth-order valence-corrected chi connectivity index (χ4v) is 5.22. The molecule has 1 aliphatic heterocycles. The molecule has 172 valence electrons. The molecule has 9 heteroatoms. The van der Waals surface area contributed by atoms with Crippen LogP contribution in [-0.4, -0.2) is 54.5 Å². The highest BCUT2D eigenvalue weighted by molar-refractivity contribution is 7.88. The Morgan fingerprint density at radius 1 is 1.06 bits per heavy atom. The summed E-state index contributed by atoms with van der Waals surface area (Å²) in [5.74, 6) is 2.54. The summed E-state index contributed by atoms with van der Waals surface area (Å²) in [5, 5.41) is 11.1. The first-order valence-corrected chi connectivity index (χ1v) is 12.8. The van der Waals surface area contributed by atoms with E-state index in [1.54, 1.807) is 7.11 Å². The molecule has 0 saturated carbocycles. The van der Waals surface area contributed by atoms with Crippen LogP contribution in [0.5, 0.6) is 5.75 Å². The van der Waals surface area contributed by atoms with Gasteiger partial charge in [-0.1, -0.05) is 44.2 Å². The highest BCUT2D eigenvalue weighted by atomic mass is 32.2. The van der Waals surface area contributed by atoms with Gasteiger partial charge < -0.3 is 9.30 Å². The Hall–Kier alpha value is -2.49. The quantitative estimate of drug-likeness (QED) is 0.587. The standard InChI is InChI=1S/C23H31N5O3S/c1-16(2)22(26-32(4,29)30)23-25-24-21-11-12-27(13-14-28(21)23)15-17-9-10-20(31-3)19-8-6-5-7-18(17)19/h5-10,16,22,26H,11-15H2,1-4H3. The zero-order chi connectivity index (χ0) is 22.9. The van der Waals surface area contributed by atoms with E-state index in [1.165, 1.54) is 17.2 Å². The summed E-state index contributed by atoms with van der Waals surface area (Å²) in [7, 11) is -1.66. The van der Waals surface area contributed by atoms with E-state index in [9.17, 15) is 8.42 Å². The molecule has 8 nitrogen and oxygen atoms in total. The molecule has 0 saturated heterocycles. The average molecular weight is 458 g/mol. The van der Waals surface area contributed by atoms with Gasteiger partial charge in [0.2, 0.25) is 10.0 Å². The minimum atomic E-state index is -3.36. The van der Waals surface area contributed by atoms with Crippen molar-refractivity contribution in [2.24, 2.45) is 5.92 Å². The second kappa shape index (κ2) is 9.17. The van der Waals surface area contributed by atoms with Gasteiger partial charge >= 0.3 is 0 Å². The number of benzene rings is 2. The molecule has 32 heavy (non-hydrogen) atoms. The van der Waals surface area contributed by atoms with Crippen LogP contribution in [0.15, 0.2) is 36.4 Å². The van der Waals surface area contributed by atoms with Crippen LogP contribution in [0.2, 0.25) is 0 Å². The zero-order valence-electron chi connectivity index (χ0n) is 19.1. The molecule has 1 aromatic heterocycles. The lowest BCUT2D eigenvalue weighted by Gasteiger charge is -2.23. The van der Waals surface area contributed by atoms with Crippen molar-refractivity contribution < 1.29 is 13.2 Å². The van der Waals surface area contributed by atoms with Gasteiger partial charge in [0, 0.05) is 38.0 Å². The van der Waals surface area contributed by atoms with E-state index < -0.39 is 16.1 Å². The van der Waals surface area contributed by atoms with Crippen LogP contribution in [-0.2, 0) is 29.5 Å². The number of nitrogens with one attached hydrogen (secondary N) is 1. The molecule has 0 spiro atoms. The van der Waals surface area contributed by atoms with Gasteiger partial charge in [-0.15, -0.1) is 10.2 Å². The van der Waals surface area contributed by atoms with Gasteiger partial charge in [-0.05, 0) is 22.9 Å². The van der Waals surface area contributed by atoms with Crippen LogP contribution in [0.1, 0.15) is 37.1 Å². The van der Waals surface area contributed by atoms with Crippen LogP contribution >= 0.6 is 0 Å². The number of hydrogen-bond donors (Lipinski definition) is 1. The van der Waals surface area contributed by atoms with Crippen molar-refractivity contribution in [3.8, 4) is 5.75 Å². The van der Waals surface area contributed by atoms with E-state index in [-0.39, 0.29) is 5.92 Å². The van der Waals surface area contributed by atoms with Gasteiger partial charge in [-0.25, -0.2) is 13.1 Å². The van der Waals surface area contributed by atoms with Crippen LogP contribution in [0.3, 0.4) is 0 Å². The molecule has 4 rings (SSSR count). The molecular weight excluding hydrogens is 426 g/mol. The lowest BCUT2D eigenvalue weighted by atomic mass is 10.0. The number of ether oxygens (including phenoxy) is 1. The monoisotopic (exact) mass is 457 g/mol. The summed E-state index contributed by atoms with van der Waals surface area (Å²) >= 11 is 0. The summed E-state index contributed by atoms with van der Waals surface area (Å²) in [6.45, 7) is 7.23. The summed E-state index contributed by atoms with van der Waals surface area (Å²) in [6, 6.07) is 12.1. The fourth-order valence-electron chi connectivity index (χ4n) is 4.39. The minimum Gasteiger partial charge on any atom is -0.496 e. The number of hydrogen-bond acceptors (Lipinski definition) is 6. The smallest absolute Gasteiger partial charge is 0.209 e. The Balaban J connectivity index is 1.55. The first-order valence-electron chi connectivity index (χ1n) is 10.9. The van der Waals surface area contributed by atoms with Crippen LogP contribution < -0.4 is 9.46 Å². The molecule has 0 aliphatic carbocycles. The van der Waals surface area contributed by atoms with E-state index in [4.69, 9.17) is 4.74 Å². The maximum atomic E-state index is 11.9. The van der Waals surface area contributed by atoms with E-state index >= 15 is 0 Å². The molecule has 3 aromatic rings. The zero-order valence-corrected chi connectivity index (χ0v) is 19.9. The first-order chi connectivity index (χ1) is 15.3. The number of methoxy groups -OCH3 is 1. The molecule has 1 atom stereocenters. The lowest BCUT2D eigenvalue weighted by molar-refractivity contribution is 0.269. The predicted molar refractivity (Wildman–Crippen MR) is 125 cm³/mol. The van der Waals surface area contributed by atoms with Crippen molar-refractivity contribution in [3.63, 3.8) is 0 Å².